The normalized spacial score (nSPS) is 20.8. The summed E-state index contributed by atoms with van der Waals surface area (Å²) in [5.74, 6) is 0. The molecule has 0 amide bonds. The molecule has 1 aliphatic rings. The van der Waals surface area contributed by atoms with Crippen molar-refractivity contribution >= 4 is 35.8 Å². The van der Waals surface area contributed by atoms with E-state index in [0.717, 1.165) is 4.86 Å². The Bertz CT molecular complexity index is 353. The van der Waals surface area contributed by atoms with Crippen molar-refractivity contribution in [3.8, 4) is 0 Å². The van der Waals surface area contributed by atoms with E-state index in [1.807, 2.05) is 24.3 Å². The lowest BCUT2D eigenvalue weighted by atomic mass is 9.97. The summed E-state index contributed by atoms with van der Waals surface area (Å²) in [5.41, 5.74) is 2.44. The van der Waals surface area contributed by atoms with Crippen LogP contribution in [0.3, 0.4) is 0 Å². The van der Waals surface area contributed by atoms with Crippen LogP contribution in [0.15, 0.2) is 30.3 Å². The highest BCUT2D eigenvalue weighted by Crippen LogP contribution is 2.30. The molecule has 0 spiro atoms. The zero-order valence-electron chi connectivity index (χ0n) is 6.40. The second kappa shape index (κ2) is 3.04. The van der Waals surface area contributed by atoms with Crippen LogP contribution in [0.25, 0.3) is 6.08 Å². The van der Waals surface area contributed by atoms with E-state index < -0.39 is 0 Å². The van der Waals surface area contributed by atoms with Crippen LogP contribution in [0.2, 0.25) is 0 Å². The Labute approximate surface area is 82.7 Å². The molecule has 1 aliphatic carbocycles. The fourth-order valence-corrected chi connectivity index (χ4v) is 1.84. The van der Waals surface area contributed by atoms with Gasteiger partial charge in [-0.15, -0.1) is 0 Å². The maximum atomic E-state index is 5.14. The van der Waals surface area contributed by atoms with Gasteiger partial charge in [0.2, 0.25) is 0 Å². The minimum Gasteiger partial charge on any atom is -0.165 e. The van der Waals surface area contributed by atoms with E-state index >= 15 is 0 Å². The third kappa shape index (κ3) is 1.21. The lowest BCUT2D eigenvalue weighted by Crippen LogP contribution is -2.06. The van der Waals surface area contributed by atoms with Gasteiger partial charge in [0.15, 0.2) is 0 Å². The van der Waals surface area contributed by atoms with Gasteiger partial charge in [-0.3, -0.25) is 0 Å². The summed E-state index contributed by atoms with van der Waals surface area (Å²) in [6.07, 6.45) is 4.00. The summed E-state index contributed by atoms with van der Waals surface area (Å²) >= 11 is 9.58. The van der Waals surface area contributed by atoms with Gasteiger partial charge in [0.1, 0.15) is 0 Å². The largest absolute Gasteiger partial charge is 0.165 e. The molecule has 0 saturated heterocycles. The highest BCUT2D eigenvalue weighted by Gasteiger charge is 2.16. The second-order valence-electron chi connectivity index (χ2n) is 2.77. The van der Waals surface area contributed by atoms with E-state index in [1.165, 1.54) is 11.1 Å². The van der Waals surface area contributed by atoms with E-state index in [-0.39, 0.29) is 5.25 Å². The molecule has 60 valence electrons. The van der Waals surface area contributed by atoms with Crippen LogP contribution >= 0.6 is 24.8 Å². The lowest BCUT2D eigenvalue weighted by Gasteiger charge is -2.17. The average Bonchev–Trinajstić information content (AvgIpc) is 2.12. The first-order valence-corrected chi connectivity index (χ1v) is 4.70. The first-order valence-electron chi connectivity index (χ1n) is 3.78. The predicted octanol–water partition coefficient (Wildman–Crippen LogP) is 3.05. The fraction of sp³-hybridized carbons (Fsp3) is 0.100. The van der Waals surface area contributed by atoms with Gasteiger partial charge in [-0.25, -0.2) is 0 Å². The highest BCUT2D eigenvalue weighted by atomic mass is 32.1. The molecule has 0 fully saturated rings. The van der Waals surface area contributed by atoms with Gasteiger partial charge >= 0.3 is 0 Å². The Balaban J connectivity index is 2.59. The number of allylic oxidation sites excluding steroid dienone is 1. The molecule has 1 aromatic carbocycles. The Morgan fingerprint density at radius 1 is 1.17 bits per heavy atom. The van der Waals surface area contributed by atoms with Crippen LogP contribution in [-0.2, 0) is 0 Å². The molecule has 1 unspecified atom stereocenters. The number of fused-ring (bicyclic) bond motifs is 1. The zero-order chi connectivity index (χ0) is 8.55. The summed E-state index contributed by atoms with van der Waals surface area (Å²) in [5, 5.41) is 0.0983. The number of rotatable bonds is 0. The van der Waals surface area contributed by atoms with Gasteiger partial charge in [-0.2, -0.15) is 12.6 Å². The molecule has 0 N–H and O–H groups in total. The molecule has 1 aromatic rings. The molecule has 2 rings (SSSR count). The molecule has 0 heterocycles. The number of hydrogen-bond acceptors (Lipinski definition) is 2. The minimum atomic E-state index is 0.0983. The molecule has 0 bridgehead atoms. The third-order valence-electron chi connectivity index (χ3n) is 1.99. The van der Waals surface area contributed by atoms with Gasteiger partial charge in [-0.05, 0) is 17.2 Å². The maximum absolute atomic E-state index is 5.14. The summed E-state index contributed by atoms with van der Waals surface area (Å²) in [6.45, 7) is 0. The summed E-state index contributed by atoms with van der Waals surface area (Å²) in [7, 11) is 0. The Hall–Kier alpha value is -0.600. The van der Waals surface area contributed by atoms with Crippen molar-refractivity contribution < 1.29 is 0 Å². The van der Waals surface area contributed by atoms with Gasteiger partial charge < -0.3 is 0 Å². The quantitative estimate of drug-likeness (QED) is 0.487. The molecular formula is C10H8S2. The standard InChI is InChI=1S/C10H8S2/c11-9-6-5-7-3-1-2-4-8(7)10(9)12/h1-6,10,12H. The summed E-state index contributed by atoms with van der Waals surface area (Å²) in [6, 6.07) is 8.20. The summed E-state index contributed by atoms with van der Waals surface area (Å²) in [4.78, 5) is 0.900. The fourth-order valence-electron chi connectivity index (χ4n) is 1.33. The predicted molar refractivity (Wildman–Crippen MR) is 59.8 cm³/mol. The Kier molecular flexibility index (Phi) is 2.03. The topological polar surface area (TPSA) is 0 Å². The molecule has 1 atom stereocenters. The van der Waals surface area contributed by atoms with Crippen molar-refractivity contribution in [2.75, 3.05) is 0 Å². The van der Waals surface area contributed by atoms with Crippen LogP contribution in [0, 0.1) is 0 Å². The Morgan fingerprint density at radius 3 is 2.75 bits per heavy atom. The number of hydrogen-bond donors (Lipinski definition) is 1. The SMILES string of the molecule is S=C1C=Cc2ccccc2C1S. The molecular weight excluding hydrogens is 184 g/mol. The van der Waals surface area contributed by atoms with Crippen LogP contribution in [0.1, 0.15) is 16.4 Å². The van der Waals surface area contributed by atoms with Gasteiger partial charge in [0.25, 0.3) is 0 Å². The van der Waals surface area contributed by atoms with Gasteiger partial charge in [0.05, 0.1) is 5.25 Å². The molecule has 0 nitrogen and oxygen atoms in total. The van der Waals surface area contributed by atoms with Gasteiger partial charge in [0, 0.05) is 4.86 Å². The van der Waals surface area contributed by atoms with Gasteiger partial charge in [-0.1, -0.05) is 42.6 Å². The first-order chi connectivity index (χ1) is 5.79. The number of thiol groups is 1. The van der Waals surface area contributed by atoms with Crippen LogP contribution < -0.4 is 0 Å². The van der Waals surface area contributed by atoms with Crippen LogP contribution in [-0.4, -0.2) is 4.86 Å². The van der Waals surface area contributed by atoms with Crippen molar-refractivity contribution in [3.63, 3.8) is 0 Å². The highest BCUT2D eigenvalue weighted by molar-refractivity contribution is 7.86. The number of benzene rings is 1. The van der Waals surface area contributed by atoms with Crippen molar-refractivity contribution in [2.24, 2.45) is 0 Å². The summed E-state index contributed by atoms with van der Waals surface area (Å²) < 4.78 is 0. The smallest absolute Gasteiger partial charge is 0.0624 e. The zero-order valence-corrected chi connectivity index (χ0v) is 8.11. The van der Waals surface area contributed by atoms with Crippen molar-refractivity contribution in [1.82, 2.24) is 0 Å². The second-order valence-corrected chi connectivity index (χ2v) is 3.75. The van der Waals surface area contributed by atoms with Crippen molar-refractivity contribution in [3.05, 3.63) is 41.5 Å². The Morgan fingerprint density at radius 2 is 1.92 bits per heavy atom. The van der Waals surface area contributed by atoms with E-state index in [4.69, 9.17) is 12.2 Å². The molecule has 0 aromatic heterocycles. The van der Waals surface area contributed by atoms with E-state index in [0.29, 0.717) is 0 Å². The van der Waals surface area contributed by atoms with Crippen LogP contribution in [0.5, 0.6) is 0 Å². The first kappa shape index (κ1) is 8.02. The minimum absolute atomic E-state index is 0.0983. The number of thiocarbonyl (C=S) groups is 1. The van der Waals surface area contributed by atoms with Crippen LogP contribution in [0.4, 0.5) is 0 Å². The average molecular weight is 192 g/mol. The molecule has 0 radical (unpaired) electrons. The van der Waals surface area contributed by atoms with E-state index in [9.17, 15) is 0 Å². The maximum Gasteiger partial charge on any atom is 0.0624 e. The molecule has 0 saturated carbocycles. The molecule has 12 heavy (non-hydrogen) atoms. The van der Waals surface area contributed by atoms with E-state index in [2.05, 4.69) is 24.8 Å². The van der Waals surface area contributed by atoms with Crippen molar-refractivity contribution in [2.45, 2.75) is 5.25 Å². The monoisotopic (exact) mass is 192 g/mol. The van der Waals surface area contributed by atoms with Crippen molar-refractivity contribution in [1.29, 1.82) is 0 Å². The molecule has 0 aliphatic heterocycles. The lowest BCUT2D eigenvalue weighted by molar-refractivity contribution is 1.30. The third-order valence-corrected chi connectivity index (χ3v) is 3.09. The molecule has 2 heteroatoms. The van der Waals surface area contributed by atoms with E-state index in [1.54, 1.807) is 0 Å².